The third-order valence-electron chi connectivity index (χ3n) is 3.52. The molecule has 0 spiro atoms. The van der Waals surface area contributed by atoms with Gasteiger partial charge in [-0.15, -0.1) is 0 Å². The number of aromatic nitrogens is 2. The molecule has 0 fully saturated rings. The highest BCUT2D eigenvalue weighted by Crippen LogP contribution is 2.23. The lowest BCUT2D eigenvalue weighted by Crippen LogP contribution is -2.13. The zero-order valence-electron chi connectivity index (χ0n) is 11.4. The lowest BCUT2D eigenvalue weighted by atomic mass is 9.98. The summed E-state index contributed by atoms with van der Waals surface area (Å²) in [7, 11) is 1.97. The maximum atomic E-state index is 6.30. The number of rotatable bonds is 4. The number of nitrogens with zero attached hydrogens (tertiary/aromatic N) is 2. The molecule has 1 aromatic carbocycles. The molecular formula is C15H21N3. The largest absolute Gasteiger partial charge is 0.324 e. The summed E-state index contributed by atoms with van der Waals surface area (Å²) >= 11 is 0. The molecule has 0 amide bonds. The van der Waals surface area contributed by atoms with Crippen molar-refractivity contribution in [2.24, 2.45) is 12.8 Å². The van der Waals surface area contributed by atoms with Gasteiger partial charge in [0.15, 0.2) is 0 Å². The zero-order valence-corrected chi connectivity index (χ0v) is 11.4. The lowest BCUT2D eigenvalue weighted by Gasteiger charge is -2.12. The van der Waals surface area contributed by atoms with Crippen LogP contribution in [0.2, 0.25) is 0 Å². The van der Waals surface area contributed by atoms with E-state index in [0.29, 0.717) is 0 Å². The molecule has 0 aliphatic rings. The lowest BCUT2D eigenvalue weighted by molar-refractivity contribution is 0.641. The Bertz CT molecular complexity index is 514. The van der Waals surface area contributed by atoms with Gasteiger partial charge in [-0.1, -0.05) is 30.3 Å². The molecule has 1 unspecified atom stereocenters. The van der Waals surface area contributed by atoms with Crippen LogP contribution in [0.15, 0.2) is 30.3 Å². The van der Waals surface area contributed by atoms with Crippen molar-refractivity contribution in [3.8, 4) is 0 Å². The average Bonchev–Trinajstić information content (AvgIpc) is 2.62. The summed E-state index contributed by atoms with van der Waals surface area (Å²) in [4.78, 5) is 0. The minimum atomic E-state index is 0.0684. The highest BCUT2D eigenvalue weighted by molar-refractivity contribution is 5.28. The molecular weight excluding hydrogens is 222 g/mol. The van der Waals surface area contributed by atoms with Crippen LogP contribution in [0.25, 0.3) is 0 Å². The van der Waals surface area contributed by atoms with Gasteiger partial charge in [0.1, 0.15) is 0 Å². The van der Waals surface area contributed by atoms with E-state index in [1.807, 2.05) is 24.7 Å². The first kappa shape index (κ1) is 12.8. The van der Waals surface area contributed by atoms with E-state index in [9.17, 15) is 0 Å². The van der Waals surface area contributed by atoms with Crippen molar-refractivity contribution in [3.63, 3.8) is 0 Å². The fraction of sp³-hybridized carbons (Fsp3) is 0.400. The van der Waals surface area contributed by atoms with Gasteiger partial charge in [-0.05, 0) is 32.3 Å². The Balaban J connectivity index is 2.06. The minimum absolute atomic E-state index is 0.0684. The molecule has 1 aromatic heterocycles. The van der Waals surface area contributed by atoms with Crippen LogP contribution in [0.5, 0.6) is 0 Å². The molecule has 0 bridgehead atoms. The second-order valence-electron chi connectivity index (χ2n) is 4.84. The van der Waals surface area contributed by atoms with Gasteiger partial charge in [0.25, 0.3) is 0 Å². The van der Waals surface area contributed by atoms with Crippen molar-refractivity contribution < 1.29 is 0 Å². The molecule has 96 valence electrons. The molecule has 3 heteroatoms. The summed E-state index contributed by atoms with van der Waals surface area (Å²) in [6.07, 6.45) is 1.97. The smallest absolute Gasteiger partial charge is 0.0644 e. The first-order valence-electron chi connectivity index (χ1n) is 6.39. The third-order valence-corrected chi connectivity index (χ3v) is 3.52. The van der Waals surface area contributed by atoms with E-state index in [4.69, 9.17) is 5.73 Å². The molecule has 18 heavy (non-hydrogen) atoms. The molecule has 0 saturated heterocycles. The predicted octanol–water partition coefficient (Wildman–Crippen LogP) is 2.67. The number of hydrogen-bond acceptors (Lipinski definition) is 2. The first-order valence-corrected chi connectivity index (χ1v) is 6.39. The number of hydrogen-bond donors (Lipinski definition) is 1. The summed E-state index contributed by atoms with van der Waals surface area (Å²) in [6.45, 7) is 4.11. The van der Waals surface area contributed by atoms with Crippen LogP contribution in [0, 0.1) is 13.8 Å². The van der Waals surface area contributed by atoms with E-state index >= 15 is 0 Å². The maximum absolute atomic E-state index is 6.30. The van der Waals surface area contributed by atoms with Crippen molar-refractivity contribution >= 4 is 0 Å². The molecule has 2 N–H and O–H groups in total. The minimum Gasteiger partial charge on any atom is -0.324 e. The Morgan fingerprint density at radius 1 is 1.22 bits per heavy atom. The molecule has 3 nitrogen and oxygen atoms in total. The highest BCUT2D eigenvalue weighted by Gasteiger charge is 2.16. The van der Waals surface area contributed by atoms with Gasteiger partial charge in [0.05, 0.1) is 5.69 Å². The van der Waals surface area contributed by atoms with E-state index < -0.39 is 0 Å². The Kier molecular flexibility index (Phi) is 3.82. The second kappa shape index (κ2) is 5.36. The van der Waals surface area contributed by atoms with Crippen molar-refractivity contribution in [2.45, 2.75) is 32.7 Å². The van der Waals surface area contributed by atoms with Crippen LogP contribution in [-0.2, 0) is 13.5 Å². The topological polar surface area (TPSA) is 43.8 Å². The fourth-order valence-electron chi connectivity index (χ4n) is 2.44. The van der Waals surface area contributed by atoms with Gasteiger partial charge in [0, 0.05) is 24.3 Å². The number of aryl methyl sites for hydroxylation is 3. The summed E-state index contributed by atoms with van der Waals surface area (Å²) in [6, 6.07) is 10.5. The van der Waals surface area contributed by atoms with Crippen LogP contribution in [0.4, 0.5) is 0 Å². The van der Waals surface area contributed by atoms with E-state index in [0.717, 1.165) is 18.5 Å². The highest BCUT2D eigenvalue weighted by atomic mass is 15.3. The third kappa shape index (κ3) is 2.62. The van der Waals surface area contributed by atoms with Crippen molar-refractivity contribution in [3.05, 3.63) is 52.8 Å². The Morgan fingerprint density at radius 3 is 2.44 bits per heavy atom. The molecule has 0 aliphatic heterocycles. The predicted molar refractivity (Wildman–Crippen MR) is 74.4 cm³/mol. The SMILES string of the molecule is Cc1nn(C)c(C)c1C(N)CCc1ccccc1. The molecule has 0 saturated carbocycles. The number of benzene rings is 1. The van der Waals surface area contributed by atoms with Gasteiger partial charge >= 0.3 is 0 Å². The fourth-order valence-corrected chi connectivity index (χ4v) is 2.44. The van der Waals surface area contributed by atoms with Crippen LogP contribution in [0.1, 0.15) is 35.0 Å². The first-order chi connectivity index (χ1) is 8.59. The monoisotopic (exact) mass is 243 g/mol. The molecule has 1 atom stereocenters. The molecule has 0 aliphatic carbocycles. The summed E-state index contributed by atoms with van der Waals surface area (Å²) < 4.78 is 1.91. The Labute approximate surface area is 109 Å². The quantitative estimate of drug-likeness (QED) is 0.897. The van der Waals surface area contributed by atoms with E-state index in [1.54, 1.807) is 0 Å². The molecule has 1 heterocycles. The summed E-state index contributed by atoms with van der Waals surface area (Å²) in [5.41, 5.74) is 11.1. The normalized spacial score (nSPS) is 12.7. The van der Waals surface area contributed by atoms with Crippen LogP contribution < -0.4 is 5.73 Å². The molecule has 2 rings (SSSR count). The van der Waals surface area contributed by atoms with Crippen LogP contribution in [0.3, 0.4) is 0 Å². The zero-order chi connectivity index (χ0) is 13.1. The van der Waals surface area contributed by atoms with Gasteiger partial charge in [-0.2, -0.15) is 5.10 Å². The van der Waals surface area contributed by atoms with Gasteiger partial charge < -0.3 is 5.73 Å². The van der Waals surface area contributed by atoms with Crippen LogP contribution >= 0.6 is 0 Å². The Morgan fingerprint density at radius 2 is 1.89 bits per heavy atom. The van der Waals surface area contributed by atoms with Gasteiger partial charge in [-0.3, -0.25) is 4.68 Å². The van der Waals surface area contributed by atoms with Gasteiger partial charge in [-0.25, -0.2) is 0 Å². The van der Waals surface area contributed by atoms with Gasteiger partial charge in [0.2, 0.25) is 0 Å². The maximum Gasteiger partial charge on any atom is 0.0644 e. The molecule has 2 aromatic rings. The van der Waals surface area contributed by atoms with Crippen LogP contribution in [-0.4, -0.2) is 9.78 Å². The van der Waals surface area contributed by atoms with E-state index in [2.05, 4.69) is 36.3 Å². The summed E-state index contributed by atoms with van der Waals surface area (Å²) in [5.74, 6) is 0. The standard InChI is InChI=1S/C15H21N3/c1-11-15(12(2)18(3)17-11)14(16)10-9-13-7-5-4-6-8-13/h4-8,14H,9-10,16H2,1-3H3. The molecule has 0 radical (unpaired) electrons. The van der Waals surface area contributed by atoms with E-state index in [-0.39, 0.29) is 6.04 Å². The Hall–Kier alpha value is -1.61. The summed E-state index contributed by atoms with van der Waals surface area (Å²) in [5, 5.41) is 4.42. The van der Waals surface area contributed by atoms with Crippen molar-refractivity contribution in [1.82, 2.24) is 9.78 Å². The number of nitrogens with two attached hydrogens (primary N) is 1. The van der Waals surface area contributed by atoms with Crippen molar-refractivity contribution in [2.75, 3.05) is 0 Å². The van der Waals surface area contributed by atoms with E-state index in [1.165, 1.54) is 16.8 Å². The average molecular weight is 243 g/mol. The second-order valence-corrected chi connectivity index (χ2v) is 4.84. The van der Waals surface area contributed by atoms with Crippen molar-refractivity contribution in [1.29, 1.82) is 0 Å².